The van der Waals surface area contributed by atoms with Gasteiger partial charge in [0, 0.05) is 17.4 Å². The highest BCUT2D eigenvalue weighted by Gasteiger charge is 2.32. The van der Waals surface area contributed by atoms with E-state index in [4.69, 9.17) is 14.5 Å². The van der Waals surface area contributed by atoms with E-state index in [1.165, 1.54) is 25.7 Å². The van der Waals surface area contributed by atoms with Crippen molar-refractivity contribution in [2.45, 2.75) is 97.8 Å². The number of nitrogens with zero attached hydrogens (tertiary/aromatic N) is 2. The van der Waals surface area contributed by atoms with Crippen molar-refractivity contribution in [3.63, 3.8) is 0 Å². The standard InChI is InChI=1S/C13H21NO4.C13H19NO3/c1-3-18-13(16)12(15)9(2)11(14-17)10-7-5-4-6-8-10;1-3-16-13(15)12-9(2)11(14-17-12)10-7-5-4-6-8-10/h9-10,17H,3-8H2,1-2H3;10H,3-8H2,1-2H3. The van der Waals surface area contributed by atoms with E-state index in [1.54, 1.807) is 20.8 Å². The van der Waals surface area contributed by atoms with Crippen molar-refractivity contribution in [3.8, 4) is 0 Å². The molecule has 3 rings (SSSR count). The predicted octanol–water partition coefficient (Wildman–Crippen LogP) is 5.37. The molecule has 2 saturated carbocycles. The molecular formula is C26H40N2O7. The molecule has 1 aromatic heterocycles. The number of carbonyl (C=O) groups is 3. The van der Waals surface area contributed by atoms with Crippen LogP contribution >= 0.6 is 0 Å². The lowest BCUT2D eigenvalue weighted by Gasteiger charge is -2.24. The predicted molar refractivity (Wildman–Crippen MR) is 130 cm³/mol. The van der Waals surface area contributed by atoms with Crippen LogP contribution in [-0.2, 0) is 19.1 Å². The molecule has 35 heavy (non-hydrogen) atoms. The number of ketones is 1. The minimum atomic E-state index is -0.845. The first-order valence-corrected chi connectivity index (χ1v) is 12.9. The topological polar surface area (TPSA) is 128 Å². The summed E-state index contributed by atoms with van der Waals surface area (Å²) in [4.78, 5) is 34.8. The van der Waals surface area contributed by atoms with Crippen molar-refractivity contribution < 1.29 is 33.6 Å². The van der Waals surface area contributed by atoms with E-state index < -0.39 is 23.6 Å². The van der Waals surface area contributed by atoms with Crippen molar-refractivity contribution in [3.05, 3.63) is 17.0 Å². The van der Waals surface area contributed by atoms with Gasteiger partial charge in [0.15, 0.2) is 0 Å². The Morgan fingerprint density at radius 1 is 1.00 bits per heavy atom. The van der Waals surface area contributed by atoms with Crippen LogP contribution < -0.4 is 0 Å². The number of carbonyl (C=O) groups excluding carboxylic acids is 3. The lowest BCUT2D eigenvalue weighted by molar-refractivity contribution is -0.154. The second kappa shape index (κ2) is 14.6. The largest absolute Gasteiger partial charge is 0.460 e. The lowest BCUT2D eigenvalue weighted by Crippen LogP contribution is -2.34. The summed E-state index contributed by atoms with van der Waals surface area (Å²) in [5, 5.41) is 16.4. The molecule has 2 fully saturated rings. The number of hydrogen-bond donors (Lipinski definition) is 1. The molecule has 0 aromatic carbocycles. The Hall–Kier alpha value is -2.71. The molecule has 1 aromatic rings. The number of ether oxygens (including phenoxy) is 2. The van der Waals surface area contributed by atoms with Gasteiger partial charge in [-0.3, -0.25) is 4.79 Å². The van der Waals surface area contributed by atoms with Crippen LogP contribution in [0.3, 0.4) is 0 Å². The molecule has 0 aliphatic heterocycles. The molecule has 0 saturated heterocycles. The average Bonchev–Trinajstić information content (AvgIpc) is 3.27. The number of oxime groups is 1. The van der Waals surface area contributed by atoms with Crippen molar-refractivity contribution in [2.75, 3.05) is 13.2 Å². The zero-order chi connectivity index (χ0) is 25.8. The van der Waals surface area contributed by atoms with Crippen LogP contribution in [0, 0.1) is 18.8 Å². The van der Waals surface area contributed by atoms with Crippen LogP contribution in [0.5, 0.6) is 0 Å². The van der Waals surface area contributed by atoms with Gasteiger partial charge in [-0.2, -0.15) is 0 Å². The highest BCUT2D eigenvalue weighted by atomic mass is 16.6. The summed E-state index contributed by atoms with van der Waals surface area (Å²) in [5.41, 5.74) is 2.23. The summed E-state index contributed by atoms with van der Waals surface area (Å²) in [6.45, 7) is 7.46. The first-order valence-electron chi connectivity index (χ1n) is 12.9. The Morgan fingerprint density at radius 3 is 2.11 bits per heavy atom. The van der Waals surface area contributed by atoms with Crippen LogP contribution in [0.4, 0.5) is 0 Å². The maximum absolute atomic E-state index is 11.8. The minimum Gasteiger partial charge on any atom is -0.460 e. The minimum absolute atomic E-state index is 0.108. The van der Waals surface area contributed by atoms with E-state index in [1.807, 2.05) is 6.92 Å². The molecule has 9 heteroatoms. The summed E-state index contributed by atoms with van der Waals surface area (Å²) in [6.07, 6.45) is 11.2. The molecule has 1 heterocycles. The summed E-state index contributed by atoms with van der Waals surface area (Å²) in [6, 6.07) is 0. The van der Waals surface area contributed by atoms with Gasteiger partial charge in [0.05, 0.1) is 30.5 Å². The van der Waals surface area contributed by atoms with Crippen molar-refractivity contribution in [2.24, 2.45) is 17.0 Å². The highest BCUT2D eigenvalue weighted by Crippen LogP contribution is 2.34. The van der Waals surface area contributed by atoms with E-state index >= 15 is 0 Å². The second-order valence-corrected chi connectivity index (χ2v) is 9.24. The molecule has 1 unspecified atom stereocenters. The first-order chi connectivity index (χ1) is 16.8. The molecule has 0 amide bonds. The van der Waals surface area contributed by atoms with Crippen LogP contribution in [0.25, 0.3) is 0 Å². The lowest BCUT2D eigenvalue weighted by atomic mass is 9.80. The molecule has 0 bridgehead atoms. The van der Waals surface area contributed by atoms with Crippen LogP contribution in [0.2, 0.25) is 0 Å². The number of aromatic nitrogens is 1. The number of hydrogen-bond acceptors (Lipinski definition) is 9. The smallest absolute Gasteiger partial charge is 0.377 e. The van der Waals surface area contributed by atoms with Gasteiger partial charge in [0.1, 0.15) is 0 Å². The third-order valence-corrected chi connectivity index (χ3v) is 6.87. The fourth-order valence-corrected chi connectivity index (χ4v) is 4.93. The summed E-state index contributed by atoms with van der Waals surface area (Å²) >= 11 is 0. The van der Waals surface area contributed by atoms with Gasteiger partial charge >= 0.3 is 11.9 Å². The van der Waals surface area contributed by atoms with E-state index in [9.17, 15) is 14.4 Å². The Labute approximate surface area is 207 Å². The Kier molecular flexibility index (Phi) is 11.9. The van der Waals surface area contributed by atoms with Crippen molar-refractivity contribution in [1.29, 1.82) is 0 Å². The molecular weight excluding hydrogens is 452 g/mol. The van der Waals surface area contributed by atoms with E-state index in [2.05, 4.69) is 15.0 Å². The molecule has 196 valence electrons. The monoisotopic (exact) mass is 492 g/mol. The summed E-state index contributed by atoms with van der Waals surface area (Å²) in [5.74, 6) is -1.74. The van der Waals surface area contributed by atoms with E-state index in [0.717, 1.165) is 49.8 Å². The zero-order valence-corrected chi connectivity index (χ0v) is 21.5. The molecule has 2 aliphatic rings. The van der Waals surface area contributed by atoms with Gasteiger partial charge < -0.3 is 19.2 Å². The molecule has 0 spiro atoms. The Balaban J connectivity index is 0.000000247. The fraction of sp³-hybridized carbons (Fsp3) is 0.731. The summed E-state index contributed by atoms with van der Waals surface area (Å²) < 4.78 is 14.8. The van der Waals surface area contributed by atoms with Gasteiger partial charge in [0.25, 0.3) is 0 Å². The zero-order valence-electron chi connectivity index (χ0n) is 21.5. The van der Waals surface area contributed by atoms with Gasteiger partial charge in [-0.1, -0.05) is 48.8 Å². The molecule has 1 N–H and O–H groups in total. The van der Waals surface area contributed by atoms with Gasteiger partial charge in [-0.25, -0.2) is 9.59 Å². The Bertz CT molecular complexity index is 865. The maximum Gasteiger partial charge on any atom is 0.377 e. The third-order valence-electron chi connectivity index (χ3n) is 6.87. The van der Waals surface area contributed by atoms with E-state index in [-0.39, 0.29) is 18.3 Å². The second-order valence-electron chi connectivity index (χ2n) is 9.24. The molecule has 9 nitrogen and oxygen atoms in total. The SMILES string of the molecule is CCOC(=O)C(=O)C(C)C(=NO)C1CCCCC1.CCOC(=O)c1onc(C2CCCCC2)c1C. The fourth-order valence-electron chi connectivity index (χ4n) is 4.93. The molecule has 2 aliphatic carbocycles. The number of rotatable bonds is 8. The third kappa shape index (κ3) is 7.90. The molecule has 1 atom stereocenters. The number of esters is 2. The summed E-state index contributed by atoms with van der Waals surface area (Å²) in [7, 11) is 0. The van der Waals surface area contributed by atoms with Crippen LogP contribution in [-0.4, -0.2) is 47.0 Å². The van der Waals surface area contributed by atoms with Crippen molar-refractivity contribution >= 4 is 23.4 Å². The van der Waals surface area contributed by atoms with Crippen LogP contribution in [0.1, 0.15) is 113 Å². The normalized spacial score (nSPS) is 18.2. The van der Waals surface area contributed by atoms with Gasteiger partial charge in [-0.15, -0.1) is 0 Å². The van der Waals surface area contributed by atoms with Crippen LogP contribution in [0.15, 0.2) is 9.68 Å². The average molecular weight is 493 g/mol. The number of Topliss-reactive ketones (excluding diaryl/α,β-unsaturated/α-hetero) is 1. The van der Waals surface area contributed by atoms with Crippen molar-refractivity contribution in [1.82, 2.24) is 5.16 Å². The van der Waals surface area contributed by atoms with E-state index in [0.29, 0.717) is 18.2 Å². The van der Waals surface area contributed by atoms with Gasteiger partial charge in [-0.05, 0) is 53.4 Å². The van der Waals surface area contributed by atoms with Gasteiger partial charge in [0.2, 0.25) is 11.5 Å². The Morgan fingerprint density at radius 2 is 1.57 bits per heavy atom. The maximum atomic E-state index is 11.8. The highest BCUT2D eigenvalue weighted by molar-refractivity contribution is 6.38. The molecule has 0 radical (unpaired) electrons. The first kappa shape index (κ1) is 28.5. The quantitative estimate of drug-likeness (QED) is 0.169.